The Labute approximate surface area is 176 Å². The molecule has 3 aromatic rings. The van der Waals surface area contributed by atoms with Crippen LogP contribution in [0.2, 0.25) is 5.02 Å². The van der Waals surface area contributed by atoms with Gasteiger partial charge in [-0.3, -0.25) is 4.79 Å². The minimum absolute atomic E-state index is 0.183. The van der Waals surface area contributed by atoms with Crippen molar-refractivity contribution in [3.05, 3.63) is 70.3 Å². The Morgan fingerprint density at radius 1 is 1.17 bits per heavy atom. The Morgan fingerprint density at radius 2 is 1.93 bits per heavy atom. The largest absolute Gasteiger partial charge is 0.484 e. The number of amides is 1. The molecule has 0 unspecified atom stereocenters. The highest BCUT2D eigenvalue weighted by molar-refractivity contribution is 7.15. The predicted octanol–water partition coefficient (Wildman–Crippen LogP) is 5.40. The first-order valence-electron chi connectivity index (χ1n) is 8.70. The summed E-state index contributed by atoms with van der Waals surface area (Å²) in [6, 6.07) is 12.4. The Morgan fingerprint density at radius 3 is 2.62 bits per heavy atom. The van der Waals surface area contributed by atoms with E-state index in [2.05, 4.69) is 5.32 Å². The van der Waals surface area contributed by atoms with Crippen molar-refractivity contribution in [2.75, 3.05) is 18.5 Å². The van der Waals surface area contributed by atoms with Crippen molar-refractivity contribution >= 4 is 39.8 Å². The summed E-state index contributed by atoms with van der Waals surface area (Å²) in [5, 5.41) is 5.23. The van der Waals surface area contributed by atoms with Gasteiger partial charge in [-0.25, -0.2) is 9.18 Å². The van der Waals surface area contributed by atoms with Crippen LogP contribution >= 0.6 is 22.9 Å². The third-order valence-corrected chi connectivity index (χ3v) is 4.98. The van der Waals surface area contributed by atoms with E-state index in [1.807, 2.05) is 0 Å². The zero-order valence-electron chi connectivity index (χ0n) is 15.4. The molecular formula is C21H17ClFNO4S. The average Bonchev–Trinajstić information content (AvgIpc) is 3.11. The molecule has 1 amide bonds. The lowest BCUT2D eigenvalue weighted by atomic mass is 10.0. The first-order valence-corrected chi connectivity index (χ1v) is 9.96. The van der Waals surface area contributed by atoms with Gasteiger partial charge < -0.3 is 14.8 Å². The summed E-state index contributed by atoms with van der Waals surface area (Å²) >= 11 is 7.07. The summed E-state index contributed by atoms with van der Waals surface area (Å²) in [5.41, 5.74) is 1.42. The summed E-state index contributed by atoms with van der Waals surface area (Å²) < 4.78 is 23.8. The lowest BCUT2D eigenvalue weighted by Crippen LogP contribution is -2.21. The second kappa shape index (κ2) is 9.54. The normalized spacial score (nSPS) is 10.4. The van der Waals surface area contributed by atoms with Crippen molar-refractivity contribution in [1.82, 2.24) is 0 Å². The number of hydrogen-bond acceptors (Lipinski definition) is 5. The molecule has 0 radical (unpaired) electrons. The third kappa shape index (κ3) is 5.34. The van der Waals surface area contributed by atoms with E-state index in [0.29, 0.717) is 26.9 Å². The number of carbonyl (C=O) groups excluding carboxylic acids is 2. The van der Waals surface area contributed by atoms with E-state index in [1.165, 1.54) is 23.5 Å². The molecule has 1 heterocycles. The minimum Gasteiger partial charge on any atom is -0.484 e. The molecule has 150 valence electrons. The number of esters is 1. The Hall–Kier alpha value is -2.90. The van der Waals surface area contributed by atoms with Crippen molar-refractivity contribution in [3.8, 4) is 16.9 Å². The molecule has 1 N–H and O–H groups in total. The van der Waals surface area contributed by atoms with Crippen molar-refractivity contribution in [2.45, 2.75) is 6.92 Å². The highest BCUT2D eigenvalue weighted by Crippen LogP contribution is 2.36. The van der Waals surface area contributed by atoms with E-state index in [1.54, 1.807) is 48.7 Å². The van der Waals surface area contributed by atoms with E-state index in [-0.39, 0.29) is 24.6 Å². The van der Waals surface area contributed by atoms with Gasteiger partial charge in [0.1, 0.15) is 22.1 Å². The molecule has 0 bridgehead atoms. The maximum atomic E-state index is 13.2. The molecule has 3 rings (SSSR count). The Kier molecular flexibility index (Phi) is 6.85. The van der Waals surface area contributed by atoms with E-state index in [0.717, 1.165) is 0 Å². The van der Waals surface area contributed by atoms with Gasteiger partial charge in [0.2, 0.25) is 0 Å². The van der Waals surface area contributed by atoms with E-state index in [4.69, 9.17) is 21.1 Å². The van der Waals surface area contributed by atoms with Crippen LogP contribution in [0.1, 0.15) is 17.3 Å². The molecule has 0 aliphatic heterocycles. The predicted molar refractivity (Wildman–Crippen MR) is 111 cm³/mol. The lowest BCUT2D eigenvalue weighted by molar-refractivity contribution is -0.118. The monoisotopic (exact) mass is 433 g/mol. The summed E-state index contributed by atoms with van der Waals surface area (Å²) in [7, 11) is 0. The Balaban J connectivity index is 1.79. The van der Waals surface area contributed by atoms with E-state index in [9.17, 15) is 14.0 Å². The van der Waals surface area contributed by atoms with Gasteiger partial charge in [-0.15, -0.1) is 11.3 Å². The van der Waals surface area contributed by atoms with E-state index >= 15 is 0 Å². The van der Waals surface area contributed by atoms with Crippen LogP contribution in [0.25, 0.3) is 11.1 Å². The van der Waals surface area contributed by atoms with E-state index < -0.39 is 11.9 Å². The molecule has 0 aliphatic carbocycles. The topological polar surface area (TPSA) is 64.6 Å². The van der Waals surface area contributed by atoms with Gasteiger partial charge in [-0.1, -0.05) is 29.8 Å². The molecule has 0 saturated carbocycles. The highest BCUT2D eigenvalue weighted by Gasteiger charge is 2.23. The van der Waals surface area contributed by atoms with Crippen LogP contribution in [-0.4, -0.2) is 25.1 Å². The zero-order valence-corrected chi connectivity index (χ0v) is 17.0. The standard InChI is InChI=1S/C21H17ClFNO4S/c1-2-27-21(26)19-17(13-6-8-15(23)9-7-13)12-29-20(19)24-18(25)11-28-16-5-3-4-14(22)10-16/h3-10,12H,2,11H2,1H3,(H,24,25). The van der Waals surface area contributed by atoms with Gasteiger partial charge in [0.25, 0.3) is 5.91 Å². The molecule has 0 spiro atoms. The molecule has 2 aromatic carbocycles. The summed E-state index contributed by atoms with van der Waals surface area (Å²) in [5.74, 6) is -0.938. The molecule has 29 heavy (non-hydrogen) atoms. The van der Waals surface area contributed by atoms with Crippen molar-refractivity contribution in [2.24, 2.45) is 0 Å². The number of benzene rings is 2. The summed E-state index contributed by atoms with van der Waals surface area (Å²) in [6.07, 6.45) is 0. The van der Waals surface area contributed by atoms with Crippen LogP contribution in [0.15, 0.2) is 53.9 Å². The Bertz CT molecular complexity index is 1020. The van der Waals surface area contributed by atoms with Gasteiger partial charge in [0, 0.05) is 16.0 Å². The van der Waals surface area contributed by atoms with Crippen LogP contribution in [0, 0.1) is 5.82 Å². The second-order valence-corrected chi connectivity index (χ2v) is 7.19. The number of nitrogens with one attached hydrogen (secondary N) is 1. The lowest BCUT2D eigenvalue weighted by Gasteiger charge is -2.10. The van der Waals surface area contributed by atoms with Gasteiger partial charge in [0.15, 0.2) is 6.61 Å². The van der Waals surface area contributed by atoms with Crippen molar-refractivity contribution in [1.29, 1.82) is 0 Å². The molecule has 0 fully saturated rings. The maximum Gasteiger partial charge on any atom is 0.341 e. The van der Waals surface area contributed by atoms with Crippen LogP contribution in [0.5, 0.6) is 5.75 Å². The number of ether oxygens (including phenoxy) is 2. The first-order chi connectivity index (χ1) is 14.0. The zero-order chi connectivity index (χ0) is 20.8. The highest BCUT2D eigenvalue weighted by atomic mass is 35.5. The number of anilines is 1. The molecule has 1 aromatic heterocycles. The fraction of sp³-hybridized carbons (Fsp3) is 0.143. The van der Waals surface area contributed by atoms with Gasteiger partial charge in [-0.05, 0) is 42.8 Å². The molecule has 5 nitrogen and oxygen atoms in total. The quantitative estimate of drug-likeness (QED) is 0.506. The fourth-order valence-electron chi connectivity index (χ4n) is 2.57. The SMILES string of the molecule is CCOC(=O)c1c(-c2ccc(F)cc2)csc1NC(=O)COc1cccc(Cl)c1. The van der Waals surface area contributed by atoms with Crippen LogP contribution in [0.3, 0.4) is 0 Å². The summed E-state index contributed by atoms with van der Waals surface area (Å²) in [6.45, 7) is 1.62. The smallest absolute Gasteiger partial charge is 0.341 e. The fourth-order valence-corrected chi connectivity index (χ4v) is 3.72. The third-order valence-electron chi connectivity index (χ3n) is 3.84. The van der Waals surface area contributed by atoms with Crippen LogP contribution < -0.4 is 10.1 Å². The molecule has 0 saturated heterocycles. The van der Waals surface area contributed by atoms with Crippen LogP contribution in [-0.2, 0) is 9.53 Å². The first kappa shape index (κ1) is 20.8. The number of carbonyl (C=O) groups is 2. The average molecular weight is 434 g/mol. The number of hydrogen-bond donors (Lipinski definition) is 1. The van der Waals surface area contributed by atoms with Gasteiger partial charge in [0.05, 0.1) is 6.61 Å². The maximum absolute atomic E-state index is 13.2. The summed E-state index contributed by atoms with van der Waals surface area (Å²) in [4.78, 5) is 24.8. The van der Waals surface area contributed by atoms with Crippen molar-refractivity contribution in [3.63, 3.8) is 0 Å². The number of rotatable bonds is 7. The molecule has 8 heteroatoms. The molecule has 0 atom stereocenters. The number of halogens is 2. The second-order valence-electron chi connectivity index (χ2n) is 5.88. The van der Waals surface area contributed by atoms with Gasteiger partial charge >= 0.3 is 5.97 Å². The van der Waals surface area contributed by atoms with Gasteiger partial charge in [-0.2, -0.15) is 0 Å². The number of thiophene rings is 1. The minimum atomic E-state index is -0.570. The molecular weight excluding hydrogens is 417 g/mol. The van der Waals surface area contributed by atoms with Crippen molar-refractivity contribution < 1.29 is 23.5 Å². The van der Waals surface area contributed by atoms with Crippen LogP contribution in [0.4, 0.5) is 9.39 Å². The molecule has 0 aliphatic rings.